The fraction of sp³-hybridized carbons (Fsp3) is 0.692. The Labute approximate surface area is 198 Å². The highest BCUT2D eigenvalue weighted by Gasteiger charge is 2.27. The number of hydrogen-bond acceptors (Lipinski definition) is 5. The number of aliphatic hydroxyl groups is 1. The normalized spacial score (nSPS) is 20.4. The summed E-state index contributed by atoms with van der Waals surface area (Å²) in [5.41, 5.74) is 1.77. The molecule has 1 heterocycles. The fourth-order valence-corrected chi connectivity index (χ4v) is 4.91. The molecule has 0 aromatic heterocycles. The highest BCUT2D eigenvalue weighted by molar-refractivity contribution is 6.27. The van der Waals surface area contributed by atoms with E-state index in [1.165, 1.54) is 12.0 Å². The summed E-state index contributed by atoms with van der Waals surface area (Å²) in [4.78, 5) is 20.6. The maximum Gasteiger partial charge on any atom is 0.414 e. The number of likely N-dealkylation sites (tertiary alicyclic amines) is 1. The first-order chi connectivity index (χ1) is 15.1. The van der Waals surface area contributed by atoms with Gasteiger partial charge in [0.2, 0.25) is 0 Å². The van der Waals surface area contributed by atoms with Crippen LogP contribution < -0.4 is 4.74 Å². The maximum absolute atomic E-state index is 10.4. The SMILES string of the molecule is CC1CC(C)CN(CC(O)COc2ccc(C(C)(C)CC(C)(C)C)cc2)C1.O=C(O)C(=O)O. The summed E-state index contributed by atoms with van der Waals surface area (Å²) in [5, 5.41) is 25.2. The van der Waals surface area contributed by atoms with E-state index in [0.29, 0.717) is 30.4 Å². The minimum atomic E-state index is -1.82. The van der Waals surface area contributed by atoms with Crippen LogP contribution in [0.25, 0.3) is 0 Å². The summed E-state index contributed by atoms with van der Waals surface area (Å²) >= 11 is 0. The van der Waals surface area contributed by atoms with Gasteiger partial charge in [-0.2, -0.15) is 0 Å². The van der Waals surface area contributed by atoms with Gasteiger partial charge in [0.15, 0.2) is 0 Å². The second-order valence-electron chi connectivity index (χ2n) is 11.4. The molecular weight excluding hydrogens is 422 g/mol. The number of carbonyl (C=O) groups is 2. The van der Waals surface area contributed by atoms with Gasteiger partial charge in [-0.15, -0.1) is 0 Å². The molecule has 0 radical (unpaired) electrons. The zero-order valence-electron chi connectivity index (χ0n) is 21.3. The van der Waals surface area contributed by atoms with Gasteiger partial charge in [0, 0.05) is 19.6 Å². The first kappa shape index (κ1) is 28.9. The monoisotopic (exact) mass is 465 g/mol. The van der Waals surface area contributed by atoms with Crippen molar-refractivity contribution in [1.29, 1.82) is 0 Å². The number of hydrogen-bond donors (Lipinski definition) is 3. The van der Waals surface area contributed by atoms with Gasteiger partial charge in [-0.25, -0.2) is 9.59 Å². The molecule has 1 aliphatic heterocycles. The smallest absolute Gasteiger partial charge is 0.414 e. The lowest BCUT2D eigenvalue weighted by Crippen LogP contribution is -2.44. The molecule has 0 bridgehead atoms. The third-order valence-corrected chi connectivity index (χ3v) is 5.65. The fourth-order valence-electron chi connectivity index (χ4n) is 4.91. The number of piperidine rings is 1. The number of rotatable bonds is 7. The number of benzene rings is 1. The van der Waals surface area contributed by atoms with Crippen LogP contribution in [0.3, 0.4) is 0 Å². The Kier molecular flexibility index (Phi) is 10.8. The Bertz CT molecular complexity index is 731. The molecule has 3 N–H and O–H groups in total. The Morgan fingerprint density at radius 1 is 1.00 bits per heavy atom. The lowest BCUT2D eigenvalue weighted by molar-refractivity contribution is -0.159. The summed E-state index contributed by atoms with van der Waals surface area (Å²) in [6.07, 6.45) is 1.98. The molecule has 0 spiro atoms. The maximum atomic E-state index is 10.4. The van der Waals surface area contributed by atoms with Gasteiger partial charge >= 0.3 is 11.9 Å². The average molecular weight is 466 g/mol. The van der Waals surface area contributed by atoms with Crippen LogP contribution in [0.4, 0.5) is 0 Å². The van der Waals surface area contributed by atoms with Gasteiger partial charge in [0.05, 0.1) is 0 Å². The molecule has 1 saturated heterocycles. The van der Waals surface area contributed by atoms with Crippen LogP contribution in [0.1, 0.15) is 66.9 Å². The quantitative estimate of drug-likeness (QED) is 0.516. The second-order valence-corrected chi connectivity index (χ2v) is 11.4. The summed E-state index contributed by atoms with van der Waals surface area (Å²) in [7, 11) is 0. The van der Waals surface area contributed by atoms with Crippen molar-refractivity contribution in [3.8, 4) is 5.75 Å². The second kappa shape index (κ2) is 12.4. The molecule has 7 nitrogen and oxygen atoms in total. The highest BCUT2D eigenvalue weighted by atomic mass is 16.5. The average Bonchev–Trinajstić information content (AvgIpc) is 2.64. The molecule has 1 aromatic rings. The van der Waals surface area contributed by atoms with Gasteiger partial charge in [0.1, 0.15) is 18.5 Å². The van der Waals surface area contributed by atoms with Crippen LogP contribution in [-0.2, 0) is 15.0 Å². The molecule has 1 aliphatic rings. The van der Waals surface area contributed by atoms with Crippen molar-refractivity contribution in [3.63, 3.8) is 0 Å². The molecule has 1 aromatic carbocycles. The first-order valence-electron chi connectivity index (χ1n) is 11.7. The lowest BCUT2D eigenvalue weighted by Gasteiger charge is -2.36. The number of β-amino-alcohol motifs (C(OH)–C–C–N with tert-alkyl or cyclic N) is 1. The van der Waals surface area contributed by atoms with Crippen molar-refractivity contribution >= 4 is 11.9 Å². The van der Waals surface area contributed by atoms with Crippen molar-refractivity contribution < 1.29 is 29.6 Å². The van der Waals surface area contributed by atoms with E-state index in [2.05, 4.69) is 65.5 Å². The van der Waals surface area contributed by atoms with E-state index in [9.17, 15) is 5.11 Å². The van der Waals surface area contributed by atoms with E-state index < -0.39 is 18.0 Å². The Balaban J connectivity index is 0.000000801. The summed E-state index contributed by atoms with van der Waals surface area (Å²) in [6, 6.07) is 8.41. The van der Waals surface area contributed by atoms with E-state index in [0.717, 1.165) is 25.3 Å². The van der Waals surface area contributed by atoms with Gasteiger partial charge < -0.3 is 25.0 Å². The van der Waals surface area contributed by atoms with Crippen molar-refractivity contribution in [2.75, 3.05) is 26.2 Å². The first-order valence-corrected chi connectivity index (χ1v) is 11.7. The predicted octanol–water partition coefficient (Wildman–Crippen LogP) is 4.27. The van der Waals surface area contributed by atoms with Crippen molar-refractivity contribution in [2.24, 2.45) is 17.3 Å². The molecule has 188 valence electrons. The molecule has 33 heavy (non-hydrogen) atoms. The zero-order valence-corrected chi connectivity index (χ0v) is 21.3. The van der Waals surface area contributed by atoms with Crippen LogP contribution in [-0.4, -0.2) is 64.5 Å². The van der Waals surface area contributed by atoms with E-state index in [1.807, 2.05) is 12.1 Å². The lowest BCUT2D eigenvalue weighted by atomic mass is 9.72. The Hall–Kier alpha value is -2.12. The van der Waals surface area contributed by atoms with E-state index in [1.54, 1.807) is 0 Å². The van der Waals surface area contributed by atoms with Crippen molar-refractivity contribution in [2.45, 2.75) is 72.8 Å². The van der Waals surface area contributed by atoms with Gasteiger partial charge in [-0.1, -0.05) is 60.6 Å². The minimum absolute atomic E-state index is 0.137. The van der Waals surface area contributed by atoms with Crippen molar-refractivity contribution in [3.05, 3.63) is 29.8 Å². The molecular formula is C26H43NO6. The molecule has 0 aliphatic carbocycles. The summed E-state index contributed by atoms with van der Waals surface area (Å²) in [5.74, 6) is -1.38. The molecule has 0 saturated carbocycles. The van der Waals surface area contributed by atoms with Gasteiger partial charge in [0.25, 0.3) is 0 Å². The summed E-state index contributed by atoms with van der Waals surface area (Å²) in [6.45, 7) is 19.3. The van der Waals surface area contributed by atoms with Crippen LogP contribution in [0.2, 0.25) is 0 Å². The molecule has 2 rings (SSSR count). The number of nitrogens with zero attached hydrogens (tertiary/aromatic N) is 1. The minimum Gasteiger partial charge on any atom is -0.491 e. The van der Waals surface area contributed by atoms with Gasteiger partial charge in [-0.3, -0.25) is 0 Å². The molecule has 1 fully saturated rings. The predicted molar refractivity (Wildman–Crippen MR) is 130 cm³/mol. The van der Waals surface area contributed by atoms with E-state index in [-0.39, 0.29) is 5.41 Å². The molecule has 3 atom stereocenters. The Morgan fingerprint density at radius 2 is 1.48 bits per heavy atom. The zero-order chi connectivity index (χ0) is 25.4. The molecule has 7 heteroatoms. The number of ether oxygens (including phenoxy) is 1. The number of aliphatic carboxylic acids is 2. The Morgan fingerprint density at radius 3 is 1.91 bits per heavy atom. The molecule has 3 unspecified atom stereocenters. The topological polar surface area (TPSA) is 107 Å². The van der Waals surface area contributed by atoms with E-state index in [4.69, 9.17) is 24.5 Å². The van der Waals surface area contributed by atoms with Gasteiger partial charge in [-0.05, 0) is 53.2 Å². The van der Waals surface area contributed by atoms with Crippen molar-refractivity contribution in [1.82, 2.24) is 4.90 Å². The number of carboxylic acids is 2. The number of aliphatic hydroxyl groups excluding tert-OH is 1. The van der Waals surface area contributed by atoms with E-state index >= 15 is 0 Å². The third-order valence-electron chi connectivity index (χ3n) is 5.65. The number of carboxylic acid groups (broad SMARTS) is 2. The van der Waals surface area contributed by atoms with Crippen LogP contribution in [0, 0.1) is 17.3 Å². The van der Waals surface area contributed by atoms with Crippen LogP contribution in [0.15, 0.2) is 24.3 Å². The van der Waals surface area contributed by atoms with Crippen LogP contribution in [0.5, 0.6) is 5.75 Å². The largest absolute Gasteiger partial charge is 0.491 e. The standard InChI is InChI=1S/C24H41NO2.C2H2O4/c1-18-12-19(2)14-25(13-18)15-21(26)16-27-22-10-8-20(9-11-22)24(6,7)17-23(3,4)5;3-1(4)2(5)6/h8-11,18-19,21,26H,12-17H2,1-7H3;(H,3,4)(H,5,6). The third kappa shape index (κ3) is 11.5. The molecule has 0 amide bonds. The summed E-state index contributed by atoms with van der Waals surface area (Å²) < 4.78 is 5.85. The van der Waals surface area contributed by atoms with Crippen LogP contribution >= 0.6 is 0 Å². The highest BCUT2D eigenvalue weighted by Crippen LogP contribution is 2.36.